The Morgan fingerprint density at radius 1 is 1.05 bits per heavy atom. The second-order valence-electron chi connectivity index (χ2n) is 4.91. The van der Waals surface area contributed by atoms with Gasteiger partial charge in [-0.1, -0.05) is 24.3 Å². The molecule has 0 saturated carbocycles. The number of hydrogen-bond acceptors (Lipinski definition) is 2. The molecule has 0 fully saturated rings. The van der Waals surface area contributed by atoms with Gasteiger partial charge in [0.15, 0.2) is 0 Å². The van der Waals surface area contributed by atoms with Crippen molar-refractivity contribution in [2.24, 2.45) is 0 Å². The number of aromatic nitrogens is 1. The molecule has 0 aliphatic heterocycles. The van der Waals surface area contributed by atoms with E-state index >= 15 is 0 Å². The van der Waals surface area contributed by atoms with Gasteiger partial charge in [0.25, 0.3) is 0 Å². The lowest BCUT2D eigenvalue weighted by molar-refractivity contribution is 0.222. The van der Waals surface area contributed by atoms with Crippen LogP contribution >= 0.6 is 11.3 Å². The van der Waals surface area contributed by atoms with Crippen molar-refractivity contribution in [3.05, 3.63) is 71.2 Å². The number of hydrogen-bond donors (Lipinski definition) is 2. The topological polar surface area (TPSA) is 36.0 Å². The minimum atomic E-state index is -0.578. The Hall–Kier alpha value is -2.10. The molecule has 0 aliphatic rings. The fourth-order valence-electron chi connectivity index (χ4n) is 2.63. The normalized spacial score (nSPS) is 13.1. The molecule has 1 atom stereocenters. The Bertz CT molecular complexity index is 890. The summed E-state index contributed by atoms with van der Waals surface area (Å²) in [6.07, 6.45) is 1.34. The Kier molecular flexibility index (Phi) is 2.62. The van der Waals surface area contributed by atoms with Crippen molar-refractivity contribution in [2.45, 2.75) is 6.10 Å². The highest BCUT2D eigenvalue weighted by Gasteiger charge is 2.15. The van der Waals surface area contributed by atoms with Crippen LogP contribution in [-0.2, 0) is 0 Å². The van der Waals surface area contributed by atoms with Gasteiger partial charge in [-0.25, -0.2) is 0 Å². The molecule has 98 valence electrons. The van der Waals surface area contributed by atoms with Gasteiger partial charge in [-0.3, -0.25) is 0 Å². The largest absolute Gasteiger partial charge is 0.384 e. The highest BCUT2D eigenvalue weighted by atomic mass is 32.1. The van der Waals surface area contributed by atoms with Gasteiger partial charge in [-0.15, -0.1) is 11.3 Å². The van der Waals surface area contributed by atoms with Crippen molar-refractivity contribution < 1.29 is 5.11 Å². The van der Waals surface area contributed by atoms with E-state index in [0.29, 0.717) is 0 Å². The molecule has 2 aromatic carbocycles. The zero-order valence-corrected chi connectivity index (χ0v) is 11.5. The number of benzene rings is 2. The summed E-state index contributed by atoms with van der Waals surface area (Å²) in [5.74, 6) is 0. The molecule has 2 aromatic heterocycles. The van der Waals surface area contributed by atoms with Gasteiger partial charge in [0.1, 0.15) is 6.10 Å². The first kappa shape index (κ1) is 11.7. The van der Waals surface area contributed by atoms with Crippen LogP contribution in [0.3, 0.4) is 0 Å². The molecular formula is C17H13NOS. The summed E-state index contributed by atoms with van der Waals surface area (Å²) in [7, 11) is 0. The third-order valence-corrected chi connectivity index (χ3v) is 4.68. The van der Waals surface area contributed by atoms with Crippen molar-refractivity contribution in [2.75, 3.05) is 0 Å². The number of aliphatic hydroxyl groups excluding tert-OH is 1. The summed E-state index contributed by atoms with van der Waals surface area (Å²) in [6.45, 7) is 0. The van der Waals surface area contributed by atoms with E-state index in [1.165, 1.54) is 4.70 Å². The average Bonchev–Trinajstić information content (AvgIpc) is 3.12. The molecule has 3 heteroatoms. The minimum absolute atomic E-state index is 0.578. The number of aromatic amines is 1. The third kappa shape index (κ3) is 1.75. The monoisotopic (exact) mass is 279 g/mol. The lowest BCUT2D eigenvalue weighted by Gasteiger charge is -2.10. The van der Waals surface area contributed by atoms with E-state index in [1.807, 2.05) is 42.6 Å². The summed E-state index contributed by atoms with van der Waals surface area (Å²) < 4.78 is 1.21. The van der Waals surface area contributed by atoms with Gasteiger partial charge in [0.05, 0.1) is 0 Å². The molecule has 2 N–H and O–H groups in total. The maximum absolute atomic E-state index is 10.7. The molecule has 0 spiro atoms. The van der Waals surface area contributed by atoms with E-state index < -0.39 is 6.10 Å². The van der Waals surface area contributed by atoms with E-state index in [1.54, 1.807) is 11.3 Å². The Morgan fingerprint density at radius 2 is 1.95 bits per heavy atom. The van der Waals surface area contributed by atoms with Gasteiger partial charge >= 0.3 is 0 Å². The molecular weight excluding hydrogens is 266 g/mol. The zero-order chi connectivity index (χ0) is 13.5. The molecule has 0 amide bonds. The van der Waals surface area contributed by atoms with Crippen molar-refractivity contribution in [3.8, 4) is 0 Å². The van der Waals surface area contributed by atoms with Crippen LogP contribution in [0.4, 0.5) is 0 Å². The fraction of sp³-hybridized carbons (Fsp3) is 0.0588. The second-order valence-corrected chi connectivity index (χ2v) is 5.83. The van der Waals surface area contributed by atoms with Crippen molar-refractivity contribution in [3.63, 3.8) is 0 Å². The average molecular weight is 279 g/mol. The molecule has 2 heterocycles. The summed E-state index contributed by atoms with van der Waals surface area (Å²) in [5, 5.41) is 15.0. The Labute approximate surface area is 120 Å². The second kappa shape index (κ2) is 4.47. The third-order valence-electron chi connectivity index (χ3n) is 3.70. The molecule has 1 unspecified atom stereocenters. The van der Waals surface area contributed by atoms with Crippen LogP contribution in [0.2, 0.25) is 0 Å². The van der Waals surface area contributed by atoms with E-state index in [4.69, 9.17) is 0 Å². The highest BCUT2D eigenvalue weighted by molar-refractivity contribution is 7.17. The zero-order valence-electron chi connectivity index (χ0n) is 10.7. The first-order valence-corrected chi connectivity index (χ1v) is 7.42. The molecule has 2 nitrogen and oxygen atoms in total. The number of rotatable bonds is 2. The van der Waals surface area contributed by atoms with Crippen LogP contribution in [0, 0.1) is 0 Å². The van der Waals surface area contributed by atoms with Crippen LogP contribution in [0.1, 0.15) is 17.2 Å². The van der Waals surface area contributed by atoms with Crippen LogP contribution in [0.5, 0.6) is 0 Å². The van der Waals surface area contributed by atoms with Crippen LogP contribution in [0.25, 0.3) is 21.0 Å². The summed E-state index contributed by atoms with van der Waals surface area (Å²) in [5.41, 5.74) is 3.01. The first-order chi connectivity index (χ1) is 9.83. The van der Waals surface area contributed by atoms with Gasteiger partial charge < -0.3 is 10.1 Å². The van der Waals surface area contributed by atoms with Gasteiger partial charge in [-0.2, -0.15) is 0 Å². The number of aliphatic hydroxyl groups is 1. The molecule has 0 radical (unpaired) electrons. The number of H-pyrrole nitrogens is 1. The lowest BCUT2D eigenvalue weighted by Crippen LogP contribution is -1.98. The van der Waals surface area contributed by atoms with Crippen LogP contribution in [-0.4, -0.2) is 10.1 Å². The van der Waals surface area contributed by atoms with Gasteiger partial charge in [-0.05, 0) is 46.0 Å². The predicted octanol–water partition coefficient (Wildman–Crippen LogP) is 4.46. The van der Waals surface area contributed by atoms with E-state index in [9.17, 15) is 5.11 Å². The van der Waals surface area contributed by atoms with E-state index in [2.05, 4.69) is 22.5 Å². The maximum atomic E-state index is 10.7. The lowest BCUT2D eigenvalue weighted by atomic mass is 10.00. The van der Waals surface area contributed by atoms with Gasteiger partial charge in [0, 0.05) is 22.0 Å². The van der Waals surface area contributed by atoms with E-state index in [0.717, 1.165) is 27.4 Å². The van der Waals surface area contributed by atoms with Gasteiger partial charge in [0.2, 0.25) is 0 Å². The molecule has 20 heavy (non-hydrogen) atoms. The fourth-order valence-corrected chi connectivity index (χ4v) is 3.61. The quantitative estimate of drug-likeness (QED) is 0.558. The summed E-state index contributed by atoms with van der Waals surface area (Å²) >= 11 is 1.68. The molecule has 4 aromatic rings. The standard InChI is InChI=1S/C17H13NOS/c19-17(12-5-6-15-11(9-12)7-8-18-15)14-10-20-16-4-2-1-3-13(14)16/h1-10,17-19H. The minimum Gasteiger partial charge on any atom is -0.384 e. The Balaban J connectivity index is 1.84. The van der Waals surface area contributed by atoms with Crippen molar-refractivity contribution in [1.82, 2.24) is 4.98 Å². The molecule has 0 aliphatic carbocycles. The molecule has 0 bridgehead atoms. The smallest absolute Gasteiger partial charge is 0.105 e. The first-order valence-electron chi connectivity index (χ1n) is 6.54. The molecule has 0 saturated heterocycles. The number of fused-ring (bicyclic) bond motifs is 2. The molecule has 4 rings (SSSR count). The SMILES string of the molecule is OC(c1ccc2[nH]ccc2c1)c1csc2ccccc12. The van der Waals surface area contributed by atoms with Crippen molar-refractivity contribution >= 4 is 32.3 Å². The predicted molar refractivity (Wildman–Crippen MR) is 84.2 cm³/mol. The summed E-state index contributed by atoms with van der Waals surface area (Å²) in [4.78, 5) is 3.17. The van der Waals surface area contributed by atoms with Crippen LogP contribution < -0.4 is 0 Å². The highest BCUT2D eigenvalue weighted by Crippen LogP contribution is 2.34. The van der Waals surface area contributed by atoms with Crippen molar-refractivity contribution in [1.29, 1.82) is 0 Å². The van der Waals surface area contributed by atoms with E-state index in [-0.39, 0.29) is 0 Å². The maximum Gasteiger partial charge on any atom is 0.105 e. The number of thiophene rings is 1. The number of nitrogens with one attached hydrogen (secondary N) is 1. The Morgan fingerprint density at radius 3 is 2.90 bits per heavy atom. The summed E-state index contributed by atoms with van der Waals surface area (Å²) in [6, 6.07) is 16.3. The van der Waals surface area contributed by atoms with Crippen LogP contribution in [0.15, 0.2) is 60.1 Å².